The molecule has 0 aromatic rings. The summed E-state index contributed by atoms with van der Waals surface area (Å²) in [7, 11) is 0. The average Bonchev–Trinajstić information content (AvgIpc) is 2.89. The molecule has 0 saturated heterocycles. The maximum Gasteiger partial charge on any atom is 0.311 e. The number of carboxylic acids is 3. The van der Waals surface area contributed by atoms with Crippen LogP contribution in [0, 0.1) is 17.8 Å². The fraction of sp³-hybridized carbons (Fsp3) is 0.848. The van der Waals surface area contributed by atoms with E-state index in [1.54, 1.807) is 20.8 Å². The van der Waals surface area contributed by atoms with E-state index in [9.17, 15) is 29.7 Å². The van der Waals surface area contributed by atoms with Gasteiger partial charge in [-0.3, -0.25) is 14.4 Å². The lowest BCUT2D eigenvalue weighted by Crippen LogP contribution is -2.57. The Labute approximate surface area is 245 Å². The third-order valence-electron chi connectivity index (χ3n) is 8.14. The normalized spacial score (nSPS) is 15.5. The smallest absolute Gasteiger partial charge is 0.311 e. The molecule has 0 aromatic heterocycles. The molecule has 3 N–H and O–H groups in total. The molecule has 0 aliphatic rings. The Hall–Kier alpha value is -1.89. The van der Waals surface area contributed by atoms with Gasteiger partial charge in [0.1, 0.15) is 17.8 Å². The van der Waals surface area contributed by atoms with Crippen LogP contribution in [-0.2, 0) is 14.4 Å². The van der Waals surface area contributed by atoms with E-state index in [0.717, 1.165) is 19.3 Å². The van der Waals surface area contributed by atoms with Gasteiger partial charge in [-0.2, -0.15) is 0 Å². The Kier molecular flexibility index (Phi) is 22.7. The quantitative estimate of drug-likeness (QED) is 0.0498. The van der Waals surface area contributed by atoms with Crippen LogP contribution in [-0.4, -0.2) is 63.9 Å². The lowest BCUT2D eigenvalue weighted by molar-refractivity contribution is -0.934. The monoisotopic (exact) mass is 568 g/mol. The van der Waals surface area contributed by atoms with Crippen LogP contribution in [0.25, 0.3) is 0 Å². The summed E-state index contributed by atoms with van der Waals surface area (Å²) in [5.41, 5.74) is 0. The predicted octanol–water partition coefficient (Wildman–Crippen LogP) is 8.17. The number of nitrogens with zero attached hydrogens (tertiary/aromatic N) is 1. The second-order valence-electron chi connectivity index (χ2n) is 12.3. The Morgan fingerprint density at radius 1 is 0.525 bits per heavy atom. The highest BCUT2D eigenvalue weighted by Gasteiger charge is 2.38. The van der Waals surface area contributed by atoms with Gasteiger partial charge in [0.25, 0.3) is 0 Å². The molecule has 0 amide bonds. The summed E-state index contributed by atoms with van der Waals surface area (Å²) in [6, 6.07) is 0. The average molecular weight is 569 g/mol. The molecule has 0 fully saturated rings. The predicted molar refractivity (Wildman–Crippen MR) is 163 cm³/mol. The van der Waals surface area contributed by atoms with Gasteiger partial charge in [0.05, 0.1) is 26.2 Å². The first-order valence-electron chi connectivity index (χ1n) is 16.2. The minimum absolute atomic E-state index is 0.226. The molecule has 0 spiro atoms. The lowest BCUT2D eigenvalue weighted by atomic mass is 10.00. The number of hydrogen-bond donors (Lipinski definition) is 3. The summed E-state index contributed by atoms with van der Waals surface area (Å²) in [5, 5.41) is 28.6. The van der Waals surface area contributed by atoms with Gasteiger partial charge >= 0.3 is 17.9 Å². The van der Waals surface area contributed by atoms with E-state index >= 15 is 0 Å². The van der Waals surface area contributed by atoms with Crippen LogP contribution in [0.3, 0.4) is 0 Å². The third kappa shape index (κ3) is 20.1. The van der Waals surface area contributed by atoms with Crippen molar-refractivity contribution in [1.29, 1.82) is 0 Å². The molecule has 3 unspecified atom stereocenters. The standard InChI is InChI=1S/C33H61NO6/c1-5-6-7-8-9-10-11-12-13-14-15-16-17-18-19-20-21-22-23-24-34(25-28(2)31(35)36,26-29(3)32(37)38)27-30(4)33(39)40/h8-9,28-30H,5-7,10-27H2,1-4H3,(H2-,35,36,37,38,39,40)/p+1/b9-8+. The minimum Gasteiger partial charge on any atom is -0.481 e. The summed E-state index contributed by atoms with van der Waals surface area (Å²) in [6.45, 7) is 8.48. The first-order chi connectivity index (χ1) is 19.0. The summed E-state index contributed by atoms with van der Waals surface area (Å²) in [5.74, 6) is -4.80. The van der Waals surface area contributed by atoms with Gasteiger partial charge in [-0.1, -0.05) is 96.1 Å². The minimum atomic E-state index is -0.931. The van der Waals surface area contributed by atoms with Crippen LogP contribution in [0.15, 0.2) is 12.2 Å². The van der Waals surface area contributed by atoms with E-state index in [2.05, 4.69) is 19.1 Å². The maximum atomic E-state index is 11.6. The second-order valence-corrected chi connectivity index (χ2v) is 12.3. The Balaban J connectivity index is 4.29. The maximum absolute atomic E-state index is 11.6. The molecule has 0 radical (unpaired) electrons. The number of unbranched alkanes of at least 4 members (excludes halogenated alkanes) is 15. The van der Waals surface area contributed by atoms with Gasteiger partial charge in [0, 0.05) is 0 Å². The van der Waals surface area contributed by atoms with E-state index in [1.165, 1.54) is 89.9 Å². The largest absolute Gasteiger partial charge is 0.481 e. The molecule has 0 bridgehead atoms. The zero-order valence-electron chi connectivity index (χ0n) is 26.2. The van der Waals surface area contributed by atoms with Crippen LogP contribution in [0.5, 0.6) is 0 Å². The van der Waals surface area contributed by atoms with Crippen LogP contribution < -0.4 is 0 Å². The Bertz CT molecular complexity index is 652. The van der Waals surface area contributed by atoms with E-state index in [0.29, 0.717) is 6.54 Å². The van der Waals surface area contributed by atoms with Gasteiger partial charge < -0.3 is 19.8 Å². The van der Waals surface area contributed by atoms with Crippen molar-refractivity contribution in [1.82, 2.24) is 0 Å². The first kappa shape index (κ1) is 38.1. The Morgan fingerprint density at radius 3 is 1.15 bits per heavy atom. The van der Waals surface area contributed by atoms with Crippen LogP contribution >= 0.6 is 0 Å². The summed E-state index contributed by atoms with van der Waals surface area (Å²) >= 11 is 0. The first-order valence-corrected chi connectivity index (χ1v) is 16.2. The van der Waals surface area contributed by atoms with Crippen LogP contribution in [0.4, 0.5) is 0 Å². The number of carboxylic acid groups (broad SMARTS) is 3. The number of carbonyl (C=O) groups is 3. The Morgan fingerprint density at radius 2 is 0.825 bits per heavy atom. The summed E-state index contributed by atoms with van der Waals surface area (Å²) in [6.07, 6.45) is 25.7. The van der Waals surface area contributed by atoms with Crippen LogP contribution in [0.1, 0.15) is 137 Å². The highest BCUT2D eigenvalue weighted by molar-refractivity contribution is 5.70. The molecule has 0 heterocycles. The number of hydrogen-bond acceptors (Lipinski definition) is 3. The topological polar surface area (TPSA) is 112 Å². The summed E-state index contributed by atoms with van der Waals surface area (Å²) in [4.78, 5) is 34.9. The van der Waals surface area contributed by atoms with Gasteiger partial charge in [-0.15, -0.1) is 0 Å². The molecule has 0 aliphatic carbocycles. The van der Waals surface area contributed by atoms with Crippen molar-refractivity contribution in [3.05, 3.63) is 12.2 Å². The zero-order chi connectivity index (χ0) is 30.2. The fourth-order valence-electron chi connectivity index (χ4n) is 5.69. The molecule has 7 nitrogen and oxygen atoms in total. The molecule has 3 atom stereocenters. The molecule has 0 aromatic carbocycles. The van der Waals surface area contributed by atoms with Gasteiger partial charge in [0.2, 0.25) is 0 Å². The highest BCUT2D eigenvalue weighted by atomic mass is 16.4. The van der Waals surface area contributed by atoms with E-state index in [4.69, 9.17) is 0 Å². The van der Waals surface area contributed by atoms with Crippen LogP contribution in [0.2, 0.25) is 0 Å². The van der Waals surface area contributed by atoms with Gasteiger partial charge in [-0.05, 0) is 52.9 Å². The van der Waals surface area contributed by atoms with E-state index < -0.39 is 35.7 Å². The van der Waals surface area contributed by atoms with E-state index in [1.807, 2.05) is 0 Å². The highest BCUT2D eigenvalue weighted by Crippen LogP contribution is 2.22. The SMILES string of the molecule is CCCC/C=C/CCCCCCCCCCCCCCC[N+](CC(C)C(=O)O)(CC(C)C(=O)O)CC(C)C(=O)O. The number of rotatable bonds is 28. The number of aliphatic carboxylic acids is 3. The molecule has 0 rings (SSSR count). The second kappa shape index (κ2) is 23.8. The third-order valence-corrected chi connectivity index (χ3v) is 8.14. The van der Waals surface area contributed by atoms with Crippen molar-refractivity contribution >= 4 is 17.9 Å². The molecule has 234 valence electrons. The van der Waals surface area contributed by atoms with Crippen molar-refractivity contribution in [3.63, 3.8) is 0 Å². The molecule has 7 heteroatoms. The van der Waals surface area contributed by atoms with Gasteiger partial charge in [0.15, 0.2) is 0 Å². The zero-order valence-corrected chi connectivity index (χ0v) is 26.2. The van der Waals surface area contributed by atoms with Crippen molar-refractivity contribution in [2.75, 3.05) is 26.2 Å². The van der Waals surface area contributed by atoms with Crippen molar-refractivity contribution in [2.45, 2.75) is 137 Å². The van der Waals surface area contributed by atoms with Gasteiger partial charge in [-0.25, -0.2) is 0 Å². The van der Waals surface area contributed by atoms with E-state index in [-0.39, 0.29) is 24.1 Å². The molecular formula is C33H62NO6+. The summed E-state index contributed by atoms with van der Waals surface area (Å²) < 4.78 is 0.226. The lowest BCUT2D eigenvalue weighted by Gasteiger charge is -2.42. The molecule has 40 heavy (non-hydrogen) atoms. The number of quaternary nitrogens is 1. The molecule has 0 aliphatic heterocycles. The molecular weight excluding hydrogens is 506 g/mol. The van der Waals surface area contributed by atoms with Crippen molar-refractivity contribution in [2.24, 2.45) is 17.8 Å². The van der Waals surface area contributed by atoms with Crippen molar-refractivity contribution in [3.8, 4) is 0 Å². The number of allylic oxidation sites excluding steroid dienone is 2. The van der Waals surface area contributed by atoms with Crippen molar-refractivity contribution < 1.29 is 34.2 Å². The molecule has 0 saturated carbocycles. The fourth-order valence-corrected chi connectivity index (χ4v) is 5.69.